The Morgan fingerprint density at radius 2 is 1.93 bits per heavy atom. The fourth-order valence-electron chi connectivity index (χ4n) is 3.69. The average Bonchev–Trinajstić information content (AvgIpc) is 3.18. The van der Waals surface area contributed by atoms with Crippen molar-refractivity contribution in [3.05, 3.63) is 60.8 Å². The molecular formula is C22H21N5O2. The molecule has 0 amide bonds. The van der Waals surface area contributed by atoms with Crippen LogP contribution < -0.4 is 4.90 Å². The number of nitrogens with zero attached hydrogens (tertiary/aromatic N) is 5. The Kier molecular flexibility index (Phi) is 4.37. The predicted molar refractivity (Wildman–Crippen MR) is 111 cm³/mol. The van der Waals surface area contributed by atoms with Gasteiger partial charge >= 0.3 is 0 Å². The number of aromatic hydroxyl groups is 1. The molecule has 0 aliphatic carbocycles. The molecular weight excluding hydrogens is 366 g/mol. The molecule has 2 aromatic heterocycles. The Balaban J connectivity index is 1.75. The highest BCUT2D eigenvalue weighted by molar-refractivity contribution is 5.90. The summed E-state index contributed by atoms with van der Waals surface area (Å²) < 4.78 is 7.44. The van der Waals surface area contributed by atoms with Gasteiger partial charge in [-0.15, -0.1) is 0 Å². The lowest BCUT2D eigenvalue weighted by Gasteiger charge is -2.34. The van der Waals surface area contributed by atoms with Crippen molar-refractivity contribution < 1.29 is 9.84 Å². The molecule has 2 aromatic carbocycles. The van der Waals surface area contributed by atoms with Crippen LogP contribution in [-0.2, 0) is 4.74 Å². The van der Waals surface area contributed by atoms with Gasteiger partial charge < -0.3 is 14.7 Å². The lowest BCUT2D eigenvalue weighted by molar-refractivity contribution is 0.0987. The molecule has 0 spiro atoms. The maximum atomic E-state index is 9.94. The molecule has 29 heavy (non-hydrogen) atoms. The maximum absolute atomic E-state index is 9.94. The fourth-order valence-corrected chi connectivity index (χ4v) is 3.69. The van der Waals surface area contributed by atoms with Crippen molar-refractivity contribution in [2.75, 3.05) is 24.7 Å². The first-order valence-corrected chi connectivity index (χ1v) is 9.66. The quantitative estimate of drug-likeness (QED) is 0.581. The highest BCUT2D eigenvalue weighted by Crippen LogP contribution is 2.31. The number of aromatic nitrogens is 4. The minimum absolute atomic E-state index is 0.184. The number of phenols is 1. The molecule has 7 nitrogen and oxygen atoms in total. The molecule has 0 unspecified atom stereocenters. The van der Waals surface area contributed by atoms with E-state index in [1.807, 2.05) is 47.3 Å². The number of hydrogen-bond acceptors (Lipinski definition) is 6. The van der Waals surface area contributed by atoms with Crippen molar-refractivity contribution in [3.63, 3.8) is 0 Å². The van der Waals surface area contributed by atoms with E-state index in [2.05, 4.69) is 16.9 Å². The van der Waals surface area contributed by atoms with Crippen LogP contribution in [-0.4, -0.2) is 50.7 Å². The molecule has 146 valence electrons. The van der Waals surface area contributed by atoms with Crippen molar-refractivity contribution >= 4 is 16.9 Å². The SMILES string of the molecule is C[C@@H]1COCCN1c1nc(-c2cccc(O)c2)nc2c1cnn2-c1ccccc1. The normalized spacial score (nSPS) is 17.0. The van der Waals surface area contributed by atoms with Crippen LogP contribution in [0.3, 0.4) is 0 Å². The first kappa shape index (κ1) is 17.6. The van der Waals surface area contributed by atoms with Crippen LogP contribution in [0.25, 0.3) is 28.1 Å². The van der Waals surface area contributed by atoms with Crippen LogP contribution in [0.5, 0.6) is 5.75 Å². The number of anilines is 1. The maximum Gasteiger partial charge on any atom is 0.169 e. The summed E-state index contributed by atoms with van der Waals surface area (Å²) in [5.74, 6) is 1.58. The van der Waals surface area contributed by atoms with Gasteiger partial charge in [0.1, 0.15) is 11.6 Å². The summed E-state index contributed by atoms with van der Waals surface area (Å²) in [6.45, 7) is 4.19. The van der Waals surface area contributed by atoms with Crippen LogP contribution in [0.1, 0.15) is 6.92 Å². The van der Waals surface area contributed by atoms with E-state index in [0.717, 1.165) is 34.6 Å². The lowest BCUT2D eigenvalue weighted by Crippen LogP contribution is -2.44. The zero-order valence-corrected chi connectivity index (χ0v) is 16.1. The van der Waals surface area contributed by atoms with Crippen LogP contribution in [0, 0.1) is 0 Å². The van der Waals surface area contributed by atoms with Crippen LogP contribution >= 0.6 is 0 Å². The van der Waals surface area contributed by atoms with Crippen LogP contribution in [0.15, 0.2) is 60.8 Å². The van der Waals surface area contributed by atoms with Gasteiger partial charge in [-0.25, -0.2) is 14.6 Å². The summed E-state index contributed by atoms with van der Waals surface area (Å²) in [5, 5.41) is 15.4. The minimum Gasteiger partial charge on any atom is -0.508 e. The van der Waals surface area contributed by atoms with Crippen molar-refractivity contribution in [2.45, 2.75) is 13.0 Å². The molecule has 1 N–H and O–H groups in total. The van der Waals surface area contributed by atoms with Gasteiger partial charge in [0.05, 0.1) is 36.5 Å². The van der Waals surface area contributed by atoms with E-state index in [-0.39, 0.29) is 11.8 Å². The molecule has 0 radical (unpaired) electrons. The third kappa shape index (κ3) is 3.19. The van der Waals surface area contributed by atoms with Gasteiger partial charge in [-0.2, -0.15) is 5.10 Å². The van der Waals surface area contributed by atoms with Crippen molar-refractivity contribution in [1.29, 1.82) is 0 Å². The van der Waals surface area contributed by atoms with Gasteiger partial charge in [-0.1, -0.05) is 30.3 Å². The third-order valence-corrected chi connectivity index (χ3v) is 5.15. The zero-order valence-electron chi connectivity index (χ0n) is 16.1. The lowest BCUT2D eigenvalue weighted by atomic mass is 10.2. The van der Waals surface area contributed by atoms with E-state index < -0.39 is 0 Å². The summed E-state index contributed by atoms with van der Waals surface area (Å²) in [7, 11) is 0. The smallest absolute Gasteiger partial charge is 0.169 e. The third-order valence-electron chi connectivity index (χ3n) is 5.15. The van der Waals surface area contributed by atoms with Crippen LogP contribution in [0.2, 0.25) is 0 Å². The van der Waals surface area contributed by atoms with Gasteiger partial charge in [-0.3, -0.25) is 0 Å². The Bertz CT molecular complexity index is 1160. The molecule has 1 fully saturated rings. The first-order valence-electron chi connectivity index (χ1n) is 9.66. The van der Waals surface area contributed by atoms with E-state index in [4.69, 9.17) is 14.7 Å². The fraction of sp³-hybridized carbons (Fsp3) is 0.227. The number of fused-ring (bicyclic) bond motifs is 1. The van der Waals surface area contributed by atoms with E-state index in [9.17, 15) is 5.11 Å². The van der Waals surface area contributed by atoms with E-state index >= 15 is 0 Å². The molecule has 1 aliphatic rings. The van der Waals surface area contributed by atoms with Gasteiger partial charge in [0.25, 0.3) is 0 Å². The topological polar surface area (TPSA) is 76.3 Å². The van der Waals surface area contributed by atoms with Crippen molar-refractivity contribution in [1.82, 2.24) is 19.7 Å². The average molecular weight is 387 g/mol. The van der Waals surface area contributed by atoms with Gasteiger partial charge in [0.15, 0.2) is 11.5 Å². The molecule has 1 saturated heterocycles. The monoisotopic (exact) mass is 387 g/mol. The molecule has 0 saturated carbocycles. The molecule has 4 aromatic rings. The second-order valence-electron chi connectivity index (χ2n) is 7.17. The Morgan fingerprint density at radius 3 is 2.72 bits per heavy atom. The van der Waals surface area contributed by atoms with Crippen molar-refractivity contribution in [3.8, 4) is 22.8 Å². The Morgan fingerprint density at radius 1 is 1.07 bits per heavy atom. The molecule has 3 heterocycles. The van der Waals surface area contributed by atoms with Gasteiger partial charge in [-0.05, 0) is 31.2 Å². The van der Waals surface area contributed by atoms with E-state index in [1.165, 1.54) is 0 Å². The molecule has 5 rings (SSSR count). The number of benzene rings is 2. The van der Waals surface area contributed by atoms with Gasteiger partial charge in [0, 0.05) is 12.1 Å². The van der Waals surface area contributed by atoms with Crippen molar-refractivity contribution in [2.24, 2.45) is 0 Å². The summed E-state index contributed by atoms with van der Waals surface area (Å²) in [5.41, 5.74) is 2.43. The van der Waals surface area contributed by atoms with E-state index in [0.29, 0.717) is 19.0 Å². The number of rotatable bonds is 3. The number of hydrogen-bond donors (Lipinski definition) is 1. The molecule has 7 heteroatoms. The highest BCUT2D eigenvalue weighted by Gasteiger charge is 2.25. The zero-order chi connectivity index (χ0) is 19.8. The number of morpholine rings is 1. The molecule has 1 atom stereocenters. The number of ether oxygens (including phenoxy) is 1. The number of phenolic OH excluding ortho intramolecular Hbond substituents is 1. The molecule has 0 bridgehead atoms. The summed E-state index contributed by atoms with van der Waals surface area (Å²) in [6.07, 6.45) is 1.83. The van der Waals surface area contributed by atoms with Crippen LogP contribution in [0.4, 0.5) is 5.82 Å². The number of para-hydroxylation sites is 1. The summed E-state index contributed by atoms with van der Waals surface area (Å²) >= 11 is 0. The summed E-state index contributed by atoms with van der Waals surface area (Å²) in [6, 6.07) is 17.1. The minimum atomic E-state index is 0.184. The first-order chi connectivity index (χ1) is 14.2. The standard InChI is InChI=1S/C22H21N5O2/c1-15-14-29-11-10-26(15)21-19-13-23-27(17-7-3-2-4-8-17)22(19)25-20(24-21)16-6-5-9-18(28)12-16/h2-9,12-13,15,28H,10-11,14H2,1H3/t15-/m1/s1. The second-order valence-corrected chi connectivity index (χ2v) is 7.17. The van der Waals surface area contributed by atoms with E-state index in [1.54, 1.807) is 18.2 Å². The Hall–Kier alpha value is -3.45. The molecule has 1 aliphatic heterocycles. The highest BCUT2D eigenvalue weighted by atomic mass is 16.5. The Labute approximate surface area is 168 Å². The van der Waals surface area contributed by atoms with Gasteiger partial charge in [0.2, 0.25) is 0 Å². The summed E-state index contributed by atoms with van der Waals surface area (Å²) in [4.78, 5) is 12.0. The largest absolute Gasteiger partial charge is 0.508 e. The second kappa shape index (κ2) is 7.18. The predicted octanol–water partition coefficient (Wildman–Crippen LogP) is 3.41.